The highest BCUT2D eigenvalue weighted by Gasteiger charge is 2.34. The van der Waals surface area contributed by atoms with Gasteiger partial charge in [-0.15, -0.1) is 4.40 Å². The lowest BCUT2D eigenvalue weighted by molar-refractivity contribution is -0.122. The minimum atomic E-state index is -3.95. The van der Waals surface area contributed by atoms with Crippen LogP contribution in [0.4, 0.5) is 0 Å². The van der Waals surface area contributed by atoms with E-state index in [4.69, 9.17) is 21.1 Å². The highest BCUT2D eigenvalue weighted by molar-refractivity contribution is 8.19. The number of carbonyl (C=O) groups is 1. The molecule has 1 heterocycles. The highest BCUT2D eigenvalue weighted by Crippen LogP contribution is 2.35. The van der Waals surface area contributed by atoms with Crippen molar-refractivity contribution in [3.8, 4) is 11.5 Å². The third-order valence-corrected chi connectivity index (χ3v) is 8.04. The fraction of sp³-hybridized carbons (Fsp3) is 0.154. The van der Waals surface area contributed by atoms with Crippen LogP contribution in [-0.4, -0.2) is 38.0 Å². The van der Waals surface area contributed by atoms with Crippen molar-refractivity contribution >= 4 is 50.5 Å². The summed E-state index contributed by atoms with van der Waals surface area (Å²) in [5.41, 5.74) is 1.54. The van der Waals surface area contributed by atoms with Gasteiger partial charge >= 0.3 is 0 Å². The maximum absolute atomic E-state index is 13.0. The van der Waals surface area contributed by atoms with Crippen LogP contribution in [0.2, 0.25) is 5.02 Å². The summed E-state index contributed by atoms with van der Waals surface area (Å²) in [6.07, 6.45) is 1.67. The van der Waals surface area contributed by atoms with Gasteiger partial charge in [-0.05, 0) is 60.7 Å². The van der Waals surface area contributed by atoms with E-state index < -0.39 is 10.0 Å². The predicted octanol–water partition coefficient (Wildman–Crippen LogP) is 5.61. The van der Waals surface area contributed by atoms with Gasteiger partial charge in [0.25, 0.3) is 15.9 Å². The number of nitrogens with zero attached hydrogens (tertiary/aromatic N) is 2. The molecule has 1 fully saturated rings. The van der Waals surface area contributed by atoms with Gasteiger partial charge < -0.3 is 9.47 Å². The molecule has 1 amide bonds. The number of sulfonamides is 1. The molecule has 36 heavy (non-hydrogen) atoms. The average molecular weight is 543 g/mol. The first-order valence-corrected chi connectivity index (χ1v) is 13.6. The maximum atomic E-state index is 13.0. The summed E-state index contributed by atoms with van der Waals surface area (Å²) in [6, 6.07) is 20.6. The van der Waals surface area contributed by atoms with Crippen molar-refractivity contribution in [2.45, 2.75) is 18.4 Å². The van der Waals surface area contributed by atoms with Crippen LogP contribution in [0.15, 0.2) is 87.0 Å². The van der Waals surface area contributed by atoms with Crippen molar-refractivity contribution in [2.24, 2.45) is 4.40 Å². The Kier molecular flexibility index (Phi) is 8.03. The Morgan fingerprint density at radius 3 is 2.44 bits per heavy atom. The summed E-state index contributed by atoms with van der Waals surface area (Å²) in [5.74, 6) is 0.693. The number of hydrogen-bond donors (Lipinski definition) is 0. The molecule has 10 heteroatoms. The number of hydrogen-bond acceptors (Lipinski definition) is 6. The molecule has 0 aromatic heterocycles. The lowest BCUT2D eigenvalue weighted by atomic mass is 10.1. The fourth-order valence-corrected chi connectivity index (χ4v) is 5.87. The van der Waals surface area contributed by atoms with Crippen molar-refractivity contribution in [2.75, 3.05) is 13.7 Å². The lowest BCUT2D eigenvalue weighted by Gasteiger charge is -2.12. The van der Waals surface area contributed by atoms with Crippen LogP contribution in [-0.2, 0) is 21.4 Å². The molecule has 0 radical (unpaired) electrons. The van der Waals surface area contributed by atoms with Crippen molar-refractivity contribution in [1.82, 2.24) is 4.90 Å². The molecule has 0 saturated carbocycles. The molecule has 7 nitrogen and oxygen atoms in total. The molecule has 3 aromatic rings. The van der Waals surface area contributed by atoms with Gasteiger partial charge in [-0.3, -0.25) is 9.69 Å². The smallest absolute Gasteiger partial charge is 0.284 e. The summed E-state index contributed by atoms with van der Waals surface area (Å²) in [7, 11) is -2.43. The maximum Gasteiger partial charge on any atom is 0.284 e. The van der Waals surface area contributed by atoms with E-state index in [1.54, 1.807) is 55.5 Å². The zero-order chi connectivity index (χ0) is 25.7. The Labute approximate surface area is 219 Å². The minimum absolute atomic E-state index is 0.0659. The molecule has 0 aliphatic carbocycles. The number of amides is 1. The molecule has 0 atom stereocenters. The largest absolute Gasteiger partial charge is 0.493 e. The second-order valence-electron chi connectivity index (χ2n) is 7.61. The third kappa shape index (κ3) is 5.75. The fourth-order valence-electron chi connectivity index (χ4n) is 3.42. The van der Waals surface area contributed by atoms with Crippen molar-refractivity contribution in [1.29, 1.82) is 0 Å². The first-order valence-electron chi connectivity index (χ1n) is 11.0. The summed E-state index contributed by atoms with van der Waals surface area (Å²) in [6.45, 7) is 2.32. The third-order valence-electron chi connectivity index (χ3n) is 5.27. The van der Waals surface area contributed by atoms with Crippen LogP contribution in [0.3, 0.4) is 0 Å². The quantitative estimate of drug-likeness (QED) is 0.344. The van der Waals surface area contributed by atoms with Gasteiger partial charge in [0.2, 0.25) is 0 Å². The SMILES string of the molecule is CCN1C(=O)/C(=C/c2ccc(OCc3ccccc3Cl)c(OC)c2)SC1=NS(=O)(=O)c1ccccc1. The molecule has 0 unspecified atom stereocenters. The second kappa shape index (κ2) is 11.2. The molecule has 1 saturated heterocycles. The molecule has 0 bridgehead atoms. The average Bonchev–Trinajstić information content (AvgIpc) is 3.17. The first-order chi connectivity index (χ1) is 17.3. The minimum Gasteiger partial charge on any atom is -0.493 e. The van der Waals surface area contributed by atoms with Gasteiger partial charge in [0.05, 0.1) is 16.9 Å². The first kappa shape index (κ1) is 25.8. The van der Waals surface area contributed by atoms with Crippen LogP contribution >= 0.6 is 23.4 Å². The Morgan fingerprint density at radius 2 is 1.75 bits per heavy atom. The van der Waals surface area contributed by atoms with E-state index in [0.717, 1.165) is 17.3 Å². The van der Waals surface area contributed by atoms with E-state index in [9.17, 15) is 13.2 Å². The Morgan fingerprint density at radius 1 is 1.03 bits per heavy atom. The summed E-state index contributed by atoms with van der Waals surface area (Å²) in [5, 5.41) is 0.728. The number of likely N-dealkylation sites (N-methyl/N-ethyl adjacent to an activating group) is 1. The summed E-state index contributed by atoms with van der Waals surface area (Å²) >= 11 is 7.22. The van der Waals surface area contributed by atoms with E-state index in [0.29, 0.717) is 27.0 Å². The molecule has 1 aliphatic heterocycles. The zero-order valence-corrected chi connectivity index (χ0v) is 21.9. The van der Waals surface area contributed by atoms with Gasteiger partial charge in [-0.1, -0.05) is 54.1 Å². The van der Waals surface area contributed by atoms with Gasteiger partial charge in [0.15, 0.2) is 16.7 Å². The molecule has 1 aliphatic rings. The molecule has 3 aromatic carbocycles. The van der Waals surface area contributed by atoms with Crippen LogP contribution in [0.25, 0.3) is 6.08 Å². The Bertz CT molecular complexity index is 1440. The number of benzene rings is 3. The van der Waals surface area contributed by atoms with Crippen molar-refractivity contribution < 1.29 is 22.7 Å². The van der Waals surface area contributed by atoms with Gasteiger partial charge in [0.1, 0.15) is 6.61 Å². The van der Waals surface area contributed by atoms with E-state index >= 15 is 0 Å². The molecule has 0 N–H and O–H groups in total. The molecule has 4 rings (SSSR count). The Hall–Kier alpha value is -3.27. The number of methoxy groups -OCH3 is 1. The number of thioether (sulfide) groups is 1. The van der Waals surface area contributed by atoms with Gasteiger partial charge in [-0.2, -0.15) is 8.42 Å². The standard InChI is InChI=1S/C26H23ClN2O5S2/c1-3-29-25(30)24(35-26(29)28-36(31,32)20-10-5-4-6-11-20)16-18-13-14-22(23(15-18)33-2)34-17-19-9-7-8-12-21(19)27/h4-16H,3,17H2,1-2H3/b24-16-,28-26?. The van der Waals surface area contributed by atoms with E-state index in [1.807, 2.05) is 18.2 Å². The summed E-state index contributed by atoms with van der Waals surface area (Å²) in [4.78, 5) is 14.7. The van der Waals surface area contributed by atoms with Crippen LogP contribution in [0, 0.1) is 0 Å². The topological polar surface area (TPSA) is 85.3 Å². The number of halogens is 1. The molecule has 186 valence electrons. The van der Waals surface area contributed by atoms with E-state index in [-0.39, 0.29) is 29.1 Å². The van der Waals surface area contributed by atoms with E-state index in [2.05, 4.69) is 4.40 Å². The highest BCUT2D eigenvalue weighted by atomic mass is 35.5. The second-order valence-corrected chi connectivity index (χ2v) is 10.6. The van der Waals surface area contributed by atoms with Gasteiger partial charge in [-0.25, -0.2) is 0 Å². The van der Waals surface area contributed by atoms with Crippen LogP contribution in [0.1, 0.15) is 18.1 Å². The van der Waals surface area contributed by atoms with Gasteiger partial charge in [0, 0.05) is 17.1 Å². The number of carbonyl (C=O) groups excluding carboxylic acids is 1. The van der Waals surface area contributed by atoms with E-state index in [1.165, 1.54) is 24.1 Å². The summed E-state index contributed by atoms with van der Waals surface area (Å²) < 4.78 is 40.8. The van der Waals surface area contributed by atoms with Crippen molar-refractivity contribution in [3.63, 3.8) is 0 Å². The molecular weight excluding hydrogens is 520 g/mol. The number of amidine groups is 1. The monoisotopic (exact) mass is 542 g/mol. The number of ether oxygens (including phenoxy) is 2. The van der Waals surface area contributed by atoms with Crippen LogP contribution in [0.5, 0.6) is 11.5 Å². The predicted molar refractivity (Wildman–Crippen MR) is 143 cm³/mol. The zero-order valence-electron chi connectivity index (χ0n) is 19.5. The molecular formula is C26H23ClN2O5S2. The Balaban J connectivity index is 1.57. The van der Waals surface area contributed by atoms with Crippen molar-refractivity contribution in [3.05, 3.63) is 93.9 Å². The normalized spacial score (nSPS) is 16.1. The van der Waals surface area contributed by atoms with Crippen LogP contribution < -0.4 is 9.47 Å². The molecule has 0 spiro atoms. The lowest BCUT2D eigenvalue weighted by Crippen LogP contribution is -2.29. The number of rotatable bonds is 8.